The Kier molecular flexibility index (Phi) is 7.57. The third-order valence-electron chi connectivity index (χ3n) is 4.99. The van der Waals surface area contributed by atoms with Gasteiger partial charge in [-0.1, -0.05) is 56.0 Å². The average molecular weight is 410 g/mol. The van der Waals surface area contributed by atoms with Crippen LogP contribution in [0.3, 0.4) is 0 Å². The van der Waals surface area contributed by atoms with Crippen molar-refractivity contribution in [2.45, 2.75) is 59.8 Å². The maximum atomic E-state index is 12.9. The van der Waals surface area contributed by atoms with Gasteiger partial charge in [0, 0.05) is 6.54 Å². The predicted octanol–water partition coefficient (Wildman–Crippen LogP) is 4.43. The Balaban J connectivity index is 2.17. The molecule has 5 nitrogen and oxygen atoms in total. The number of hydrogen-bond acceptors (Lipinski definition) is 4. The quantitative estimate of drug-likeness (QED) is 0.280. The Bertz CT molecular complexity index is 915. The van der Waals surface area contributed by atoms with E-state index in [1.54, 1.807) is 4.68 Å². The molecule has 0 N–H and O–H groups in total. The summed E-state index contributed by atoms with van der Waals surface area (Å²) in [6, 6.07) is 12.4. The summed E-state index contributed by atoms with van der Waals surface area (Å²) in [5, 5.41) is 14.9. The van der Waals surface area contributed by atoms with Crippen molar-refractivity contribution in [2.75, 3.05) is 0 Å². The van der Waals surface area contributed by atoms with E-state index in [9.17, 15) is 4.79 Å². The van der Waals surface area contributed by atoms with E-state index in [-0.39, 0.29) is 17.6 Å². The van der Waals surface area contributed by atoms with Crippen molar-refractivity contribution >= 4 is 25.0 Å². The molecule has 0 saturated heterocycles. The molecular weight excluding hydrogens is 378 g/mol. The van der Waals surface area contributed by atoms with E-state index in [2.05, 4.69) is 49.0 Å². The Hall–Kier alpha value is -2.65. The number of allylic oxidation sites excluding steroid dienone is 1. The van der Waals surface area contributed by atoms with Gasteiger partial charge in [0.15, 0.2) is 5.76 Å². The number of hydrogen-bond donors (Lipinski definition) is 0. The molecule has 0 saturated carbocycles. The molecule has 0 aliphatic rings. The monoisotopic (exact) mass is 409 g/mol. The molecule has 0 aliphatic carbocycles. The lowest BCUT2D eigenvalue weighted by Crippen LogP contribution is -2.37. The largest absolute Gasteiger partial charge is 0.423 e. The van der Waals surface area contributed by atoms with Gasteiger partial charge in [-0.3, -0.25) is 9.48 Å². The molecule has 0 bridgehead atoms. The van der Waals surface area contributed by atoms with Crippen molar-refractivity contribution in [1.29, 1.82) is 5.26 Å². The van der Waals surface area contributed by atoms with Gasteiger partial charge in [0.25, 0.3) is 0 Å². The van der Waals surface area contributed by atoms with Gasteiger partial charge in [-0.25, -0.2) is 0 Å². The number of carbonyl (C=O) groups is 1. The number of rotatable bonds is 8. The van der Waals surface area contributed by atoms with E-state index in [4.69, 9.17) is 10.00 Å². The van der Waals surface area contributed by atoms with Crippen molar-refractivity contribution in [3.63, 3.8) is 0 Å². The summed E-state index contributed by atoms with van der Waals surface area (Å²) >= 11 is 0. The molecule has 0 spiro atoms. The summed E-state index contributed by atoms with van der Waals surface area (Å²) in [5.41, 5.74) is 2.58. The summed E-state index contributed by atoms with van der Waals surface area (Å²) in [6.45, 7) is 13.4. The number of esters is 1. The number of ether oxygens (including phenoxy) is 1. The Morgan fingerprint density at radius 1 is 1.28 bits per heavy atom. The van der Waals surface area contributed by atoms with Crippen molar-refractivity contribution in [2.24, 2.45) is 5.92 Å². The Labute approximate surface area is 175 Å². The zero-order valence-corrected chi connectivity index (χ0v) is 19.3. The van der Waals surface area contributed by atoms with Crippen LogP contribution in [0.15, 0.2) is 36.4 Å². The van der Waals surface area contributed by atoms with Crippen LogP contribution in [0.25, 0.3) is 5.76 Å². The van der Waals surface area contributed by atoms with Crippen LogP contribution in [-0.4, -0.2) is 23.8 Å². The number of nitrogens with zero attached hydrogens (tertiary/aromatic N) is 3. The predicted molar refractivity (Wildman–Crippen MR) is 119 cm³/mol. The summed E-state index contributed by atoms with van der Waals surface area (Å²) in [7, 11) is -1.34. The molecule has 1 aromatic heterocycles. The molecule has 1 atom stereocenters. The molecule has 1 aromatic carbocycles. The first-order valence-electron chi connectivity index (χ1n) is 10.1. The van der Waals surface area contributed by atoms with Crippen molar-refractivity contribution < 1.29 is 9.53 Å². The lowest BCUT2D eigenvalue weighted by molar-refractivity contribution is -0.141. The van der Waals surface area contributed by atoms with Gasteiger partial charge in [0.2, 0.25) is 0 Å². The smallest absolute Gasteiger partial charge is 0.314 e. The average Bonchev–Trinajstić information content (AvgIpc) is 3.06. The molecule has 1 heterocycles. The highest BCUT2D eigenvalue weighted by Crippen LogP contribution is 2.22. The van der Waals surface area contributed by atoms with Crippen LogP contribution in [0.4, 0.5) is 0 Å². The van der Waals surface area contributed by atoms with Crippen LogP contribution < -0.4 is 5.19 Å². The fourth-order valence-electron chi connectivity index (χ4n) is 3.21. The molecule has 0 aliphatic heterocycles. The molecule has 0 fully saturated rings. The molecule has 0 amide bonds. The minimum atomic E-state index is -1.34. The normalized spacial score (nSPS) is 13.1. The summed E-state index contributed by atoms with van der Waals surface area (Å²) in [6.07, 6.45) is 2.56. The molecule has 6 heteroatoms. The number of nitriles is 1. The molecule has 1 unspecified atom stereocenters. The highest BCUT2D eigenvalue weighted by atomic mass is 28.3. The third-order valence-corrected chi connectivity index (χ3v) is 7.05. The highest BCUT2D eigenvalue weighted by molar-refractivity contribution is 6.88. The van der Waals surface area contributed by atoms with Gasteiger partial charge >= 0.3 is 5.97 Å². The van der Waals surface area contributed by atoms with Gasteiger partial charge in [-0.2, -0.15) is 10.4 Å². The van der Waals surface area contributed by atoms with Crippen molar-refractivity contribution in [3.05, 3.63) is 53.4 Å². The van der Waals surface area contributed by atoms with Crippen molar-refractivity contribution in [3.8, 4) is 6.07 Å². The van der Waals surface area contributed by atoms with E-state index in [1.165, 1.54) is 11.3 Å². The van der Waals surface area contributed by atoms with Crippen LogP contribution in [0.2, 0.25) is 19.6 Å². The minimum Gasteiger partial charge on any atom is -0.423 e. The fraction of sp³-hybridized carbons (Fsp3) is 0.435. The van der Waals surface area contributed by atoms with Crippen LogP contribution in [0.1, 0.15) is 37.2 Å². The Morgan fingerprint density at radius 2 is 1.93 bits per heavy atom. The first-order valence-corrected chi connectivity index (χ1v) is 13.6. The summed E-state index contributed by atoms with van der Waals surface area (Å²) in [5.74, 6) is -0.328. The van der Waals surface area contributed by atoms with E-state index in [0.717, 1.165) is 11.3 Å². The second-order valence-corrected chi connectivity index (χ2v) is 13.4. The standard InChI is InChI=1S/C23H31N3O2Si/c1-7-19(16-18-9-11-20(12-10-18)29(4,5)6)23(27)28-22(13-14-24)21-15-17(3)25-26(21)8-2/h9-13,15,19H,7-8,16H2,1-6H3/b22-13+. The van der Waals surface area contributed by atoms with Gasteiger partial charge in [-0.05, 0) is 38.3 Å². The van der Waals surface area contributed by atoms with Gasteiger partial charge < -0.3 is 4.74 Å². The van der Waals surface area contributed by atoms with Gasteiger partial charge in [0.05, 0.1) is 31.8 Å². The Morgan fingerprint density at radius 3 is 2.45 bits per heavy atom. The zero-order valence-electron chi connectivity index (χ0n) is 18.3. The van der Waals surface area contributed by atoms with Crippen LogP contribution >= 0.6 is 0 Å². The SMILES string of the molecule is CCC(Cc1ccc([Si](C)(C)C)cc1)C(=O)O/C(=C/C#N)c1cc(C)nn1CC. The molecule has 29 heavy (non-hydrogen) atoms. The number of aromatic nitrogens is 2. The molecule has 0 radical (unpaired) electrons. The first-order chi connectivity index (χ1) is 13.7. The fourth-order valence-corrected chi connectivity index (χ4v) is 4.38. The lowest BCUT2D eigenvalue weighted by atomic mass is 9.97. The summed E-state index contributed by atoms with van der Waals surface area (Å²) < 4.78 is 7.42. The molecule has 154 valence electrons. The molecular formula is C23H31N3O2Si. The van der Waals surface area contributed by atoms with Crippen molar-refractivity contribution in [1.82, 2.24) is 9.78 Å². The van der Waals surface area contributed by atoms with Gasteiger partial charge in [-0.15, -0.1) is 0 Å². The van der Waals surface area contributed by atoms with Crippen LogP contribution in [0, 0.1) is 24.2 Å². The lowest BCUT2D eigenvalue weighted by Gasteiger charge is -2.18. The third kappa shape index (κ3) is 5.91. The summed E-state index contributed by atoms with van der Waals surface area (Å²) in [4.78, 5) is 12.9. The zero-order chi connectivity index (χ0) is 21.6. The topological polar surface area (TPSA) is 67.9 Å². The maximum Gasteiger partial charge on any atom is 0.314 e. The van der Waals surface area contributed by atoms with Crippen LogP contribution in [0.5, 0.6) is 0 Å². The number of carbonyl (C=O) groups excluding carboxylic acids is 1. The van der Waals surface area contributed by atoms with Crippen LogP contribution in [-0.2, 0) is 22.5 Å². The maximum absolute atomic E-state index is 12.9. The van der Waals surface area contributed by atoms with Gasteiger partial charge in [0.1, 0.15) is 5.69 Å². The van der Waals surface area contributed by atoms with E-state index in [0.29, 0.717) is 25.1 Å². The van der Waals surface area contributed by atoms with E-state index >= 15 is 0 Å². The minimum absolute atomic E-state index is 0.257. The second-order valence-electron chi connectivity index (χ2n) is 8.30. The highest BCUT2D eigenvalue weighted by Gasteiger charge is 2.23. The van der Waals surface area contributed by atoms with E-state index < -0.39 is 8.07 Å². The van der Waals surface area contributed by atoms with E-state index in [1.807, 2.05) is 32.9 Å². The second kappa shape index (κ2) is 9.70. The molecule has 2 aromatic rings. The first kappa shape index (κ1) is 22.6. The molecule has 2 rings (SSSR count). The number of aryl methyl sites for hydroxylation is 2. The number of benzene rings is 1.